The van der Waals surface area contributed by atoms with Crippen molar-refractivity contribution < 1.29 is 18.0 Å². The largest absolute Gasteiger partial charge is 0.352 e. The Morgan fingerprint density at radius 1 is 0.814 bits per heavy atom. The molecule has 0 radical (unpaired) electrons. The molecule has 7 nitrogen and oxygen atoms in total. The number of rotatable bonds is 12. The highest BCUT2D eigenvalue weighted by Gasteiger charge is 2.35. The van der Waals surface area contributed by atoms with Gasteiger partial charge in [0.25, 0.3) is 10.0 Å². The lowest BCUT2D eigenvalue weighted by molar-refractivity contribution is -0.140. The van der Waals surface area contributed by atoms with Gasteiger partial charge in [0.1, 0.15) is 12.6 Å². The fourth-order valence-electron chi connectivity index (χ4n) is 4.76. The van der Waals surface area contributed by atoms with Crippen LogP contribution in [0.2, 0.25) is 5.02 Å². The van der Waals surface area contributed by atoms with Gasteiger partial charge in [0.05, 0.1) is 10.6 Å². The number of nitrogens with one attached hydrogen (secondary N) is 1. The molecule has 224 valence electrons. The summed E-state index contributed by atoms with van der Waals surface area (Å²) in [7, 11) is -4.18. The maximum Gasteiger partial charge on any atom is 0.264 e. The molecular weight excluding hydrogens is 582 g/mol. The van der Waals surface area contributed by atoms with Gasteiger partial charge in [-0.25, -0.2) is 8.42 Å². The van der Waals surface area contributed by atoms with Crippen molar-refractivity contribution in [2.75, 3.05) is 10.8 Å². The third kappa shape index (κ3) is 8.24. The van der Waals surface area contributed by atoms with Crippen LogP contribution in [0.1, 0.15) is 30.5 Å². The van der Waals surface area contributed by atoms with Crippen molar-refractivity contribution in [2.24, 2.45) is 0 Å². The fourth-order valence-corrected chi connectivity index (χ4v) is 6.30. The van der Waals surface area contributed by atoms with Crippen LogP contribution >= 0.6 is 11.6 Å². The van der Waals surface area contributed by atoms with E-state index < -0.39 is 28.5 Å². The maximum absolute atomic E-state index is 14.4. The maximum atomic E-state index is 14.4. The van der Waals surface area contributed by atoms with Gasteiger partial charge in [0.2, 0.25) is 11.8 Å². The van der Waals surface area contributed by atoms with E-state index in [4.69, 9.17) is 11.6 Å². The number of sulfonamides is 1. The molecule has 4 rings (SSSR count). The van der Waals surface area contributed by atoms with Gasteiger partial charge in [-0.3, -0.25) is 13.9 Å². The van der Waals surface area contributed by atoms with Crippen LogP contribution in [0, 0.1) is 6.92 Å². The summed E-state index contributed by atoms with van der Waals surface area (Å²) in [6, 6.07) is 30.4. The minimum absolute atomic E-state index is 0.00241. The Morgan fingerprint density at radius 2 is 1.40 bits per heavy atom. The molecule has 0 aromatic heterocycles. The molecule has 1 atom stereocenters. The smallest absolute Gasteiger partial charge is 0.264 e. The van der Waals surface area contributed by atoms with E-state index in [-0.39, 0.29) is 29.8 Å². The standard InChI is InChI=1S/C34H36ClN3O4S/c1-25(2)36-34(40)32(22-27-13-6-4-7-14-27)37(23-28-15-11-10-12-26(28)3)33(39)24-38(30-16-8-5-9-17-30)43(41,42)31-20-18-29(35)19-21-31/h4-21,25,32H,22-24H2,1-3H3,(H,36,40)/t32-/m1/s1. The highest BCUT2D eigenvalue weighted by Crippen LogP contribution is 2.26. The molecule has 0 aliphatic heterocycles. The van der Waals surface area contributed by atoms with Crippen molar-refractivity contribution in [1.29, 1.82) is 0 Å². The Hall–Kier alpha value is -4.14. The summed E-state index contributed by atoms with van der Waals surface area (Å²) in [5.41, 5.74) is 3.02. The van der Waals surface area contributed by atoms with Gasteiger partial charge in [-0.15, -0.1) is 0 Å². The molecule has 43 heavy (non-hydrogen) atoms. The molecule has 4 aromatic rings. The summed E-state index contributed by atoms with van der Waals surface area (Å²) in [4.78, 5) is 29.6. The third-order valence-electron chi connectivity index (χ3n) is 7.03. The predicted octanol–water partition coefficient (Wildman–Crippen LogP) is 6.01. The number of aryl methyl sites for hydroxylation is 1. The Kier molecular flexibility index (Phi) is 10.6. The van der Waals surface area contributed by atoms with E-state index in [0.717, 1.165) is 21.0 Å². The second-order valence-corrected chi connectivity index (χ2v) is 12.9. The van der Waals surface area contributed by atoms with Gasteiger partial charge in [-0.2, -0.15) is 0 Å². The van der Waals surface area contributed by atoms with E-state index in [1.807, 2.05) is 75.4 Å². The van der Waals surface area contributed by atoms with Gasteiger partial charge in [0.15, 0.2) is 0 Å². The second-order valence-electron chi connectivity index (χ2n) is 10.6. The van der Waals surface area contributed by atoms with Crippen LogP contribution in [-0.4, -0.2) is 43.8 Å². The zero-order valence-electron chi connectivity index (χ0n) is 24.5. The van der Waals surface area contributed by atoms with E-state index >= 15 is 0 Å². The molecule has 0 spiro atoms. The Labute approximate surface area is 259 Å². The molecular formula is C34H36ClN3O4S. The van der Waals surface area contributed by atoms with E-state index in [1.165, 1.54) is 29.2 Å². The van der Waals surface area contributed by atoms with Crippen LogP contribution in [0.3, 0.4) is 0 Å². The number of carbonyl (C=O) groups excluding carboxylic acids is 2. The number of nitrogens with zero attached hydrogens (tertiary/aromatic N) is 2. The van der Waals surface area contributed by atoms with Crippen molar-refractivity contribution in [3.8, 4) is 0 Å². The molecule has 0 saturated heterocycles. The highest BCUT2D eigenvalue weighted by molar-refractivity contribution is 7.92. The second kappa shape index (κ2) is 14.4. The molecule has 0 heterocycles. The predicted molar refractivity (Wildman–Crippen MR) is 171 cm³/mol. The Balaban J connectivity index is 1.79. The van der Waals surface area contributed by atoms with E-state index in [0.29, 0.717) is 10.7 Å². The summed E-state index contributed by atoms with van der Waals surface area (Å²) in [5, 5.41) is 3.36. The van der Waals surface area contributed by atoms with Gasteiger partial charge >= 0.3 is 0 Å². The number of anilines is 1. The molecule has 4 aromatic carbocycles. The molecule has 0 saturated carbocycles. The zero-order valence-corrected chi connectivity index (χ0v) is 26.1. The monoisotopic (exact) mass is 617 g/mol. The van der Waals surface area contributed by atoms with Gasteiger partial charge in [0, 0.05) is 24.0 Å². The topological polar surface area (TPSA) is 86.8 Å². The molecule has 9 heteroatoms. The van der Waals surface area contributed by atoms with Gasteiger partial charge in [-0.05, 0) is 73.9 Å². The van der Waals surface area contributed by atoms with Crippen molar-refractivity contribution in [2.45, 2.75) is 50.7 Å². The van der Waals surface area contributed by atoms with Gasteiger partial charge in [-0.1, -0.05) is 84.4 Å². The van der Waals surface area contributed by atoms with Crippen LogP contribution < -0.4 is 9.62 Å². The zero-order chi connectivity index (χ0) is 31.0. The molecule has 0 bridgehead atoms. The number of amides is 2. The van der Waals surface area contributed by atoms with Crippen LogP contribution in [0.25, 0.3) is 0 Å². The number of hydrogen-bond donors (Lipinski definition) is 1. The van der Waals surface area contributed by atoms with Crippen molar-refractivity contribution >= 4 is 39.1 Å². The lowest BCUT2D eigenvalue weighted by atomic mass is 10.0. The van der Waals surface area contributed by atoms with Gasteiger partial charge < -0.3 is 10.2 Å². The summed E-state index contributed by atoms with van der Waals surface area (Å²) in [5.74, 6) is -0.822. The number of benzene rings is 4. The Bertz CT molecular complexity index is 1630. The summed E-state index contributed by atoms with van der Waals surface area (Å²) in [6.45, 7) is 5.28. The lowest BCUT2D eigenvalue weighted by Gasteiger charge is -2.34. The van der Waals surface area contributed by atoms with E-state index in [1.54, 1.807) is 30.3 Å². The highest BCUT2D eigenvalue weighted by atomic mass is 35.5. The first-order chi connectivity index (χ1) is 20.6. The number of halogens is 1. The summed E-state index contributed by atoms with van der Waals surface area (Å²) in [6.07, 6.45) is 0.256. The van der Waals surface area contributed by atoms with Crippen molar-refractivity contribution in [1.82, 2.24) is 10.2 Å². The summed E-state index contributed by atoms with van der Waals surface area (Å²) >= 11 is 6.03. The van der Waals surface area contributed by atoms with Crippen molar-refractivity contribution in [3.63, 3.8) is 0 Å². The molecule has 0 fully saturated rings. The molecule has 0 aliphatic rings. The van der Waals surface area contributed by atoms with Crippen LogP contribution in [0.4, 0.5) is 5.69 Å². The van der Waals surface area contributed by atoms with E-state index in [2.05, 4.69) is 5.32 Å². The fraction of sp³-hybridized carbons (Fsp3) is 0.235. The molecule has 0 aliphatic carbocycles. The normalized spacial score (nSPS) is 12.0. The first kappa shape index (κ1) is 31.8. The van der Waals surface area contributed by atoms with Crippen molar-refractivity contribution in [3.05, 3.63) is 131 Å². The minimum atomic E-state index is -4.18. The SMILES string of the molecule is Cc1ccccc1CN(C(=O)CN(c1ccccc1)S(=O)(=O)c1ccc(Cl)cc1)[C@H](Cc1ccccc1)C(=O)NC(C)C. The first-order valence-electron chi connectivity index (χ1n) is 14.1. The first-order valence-corrected chi connectivity index (χ1v) is 15.9. The average Bonchev–Trinajstić information content (AvgIpc) is 2.99. The molecule has 2 amide bonds. The minimum Gasteiger partial charge on any atom is -0.352 e. The van der Waals surface area contributed by atoms with Crippen LogP contribution in [-0.2, 0) is 32.6 Å². The average molecular weight is 618 g/mol. The molecule has 0 unspecified atom stereocenters. The van der Waals surface area contributed by atoms with Crippen LogP contribution in [0.5, 0.6) is 0 Å². The summed E-state index contributed by atoms with van der Waals surface area (Å²) < 4.78 is 29.1. The number of para-hydroxylation sites is 1. The molecule has 1 N–H and O–H groups in total. The Morgan fingerprint density at radius 3 is 2.00 bits per heavy atom. The van der Waals surface area contributed by atoms with E-state index in [9.17, 15) is 18.0 Å². The van der Waals surface area contributed by atoms with Crippen LogP contribution in [0.15, 0.2) is 114 Å². The number of hydrogen-bond acceptors (Lipinski definition) is 4. The lowest BCUT2D eigenvalue weighted by Crippen LogP contribution is -2.54. The third-order valence-corrected chi connectivity index (χ3v) is 9.07. The quantitative estimate of drug-likeness (QED) is 0.211. The number of carbonyl (C=O) groups is 2.